The molecule has 1 rings (SSSR count). The number of carbonyl (C=O) groups is 1. The summed E-state index contributed by atoms with van der Waals surface area (Å²) in [5.41, 5.74) is 2.14. The number of aryl methyl sites for hydroxylation is 1. The zero-order valence-corrected chi connectivity index (χ0v) is 13.5. The standard InChI is InChI=1S/C16H25ClN2O/c1-4-10-19(11-5-2)16(20)8-9-18-15-12-14(17)7-6-13(15)3/h6-7,12,18H,4-5,8-11H2,1-3H3. The zero-order valence-electron chi connectivity index (χ0n) is 12.7. The maximum Gasteiger partial charge on any atom is 0.224 e. The van der Waals surface area contributed by atoms with E-state index in [0.717, 1.165) is 37.2 Å². The highest BCUT2D eigenvalue weighted by Gasteiger charge is 2.11. The van der Waals surface area contributed by atoms with E-state index in [1.807, 2.05) is 30.0 Å². The number of amides is 1. The van der Waals surface area contributed by atoms with Crippen LogP contribution in [0.1, 0.15) is 38.7 Å². The summed E-state index contributed by atoms with van der Waals surface area (Å²) in [7, 11) is 0. The minimum Gasteiger partial charge on any atom is -0.384 e. The maximum absolute atomic E-state index is 12.1. The van der Waals surface area contributed by atoms with E-state index in [1.165, 1.54) is 0 Å². The molecule has 0 aromatic heterocycles. The third-order valence-corrected chi connectivity index (χ3v) is 3.43. The third kappa shape index (κ3) is 5.41. The normalized spacial score (nSPS) is 10.4. The Morgan fingerprint density at radius 3 is 2.50 bits per heavy atom. The average molecular weight is 297 g/mol. The molecule has 0 unspecified atom stereocenters. The number of hydrogen-bond donors (Lipinski definition) is 1. The number of nitrogens with zero attached hydrogens (tertiary/aromatic N) is 1. The molecule has 0 saturated heterocycles. The van der Waals surface area contributed by atoms with Gasteiger partial charge in [0.25, 0.3) is 0 Å². The molecule has 0 bridgehead atoms. The lowest BCUT2D eigenvalue weighted by molar-refractivity contribution is -0.131. The largest absolute Gasteiger partial charge is 0.384 e. The Hall–Kier alpha value is -1.22. The van der Waals surface area contributed by atoms with Crippen LogP contribution in [0, 0.1) is 6.92 Å². The van der Waals surface area contributed by atoms with E-state index in [0.29, 0.717) is 18.0 Å². The maximum atomic E-state index is 12.1. The third-order valence-electron chi connectivity index (χ3n) is 3.19. The van der Waals surface area contributed by atoms with E-state index in [-0.39, 0.29) is 5.91 Å². The SMILES string of the molecule is CCCN(CCC)C(=O)CCNc1cc(Cl)ccc1C. The molecule has 0 aliphatic carbocycles. The smallest absolute Gasteiger partial charge is 0.224 e. The van der Waals surface area contributed by atoms with Gasteiger partial charge >= 0.3 is 0 Å². The van der Waals surface area contributed by atoms with Gasteiger partial charge in [-0.2, -0.15) is 0 Å². The molecule has 112 valence electrons. The second kappa shape index (κ2) is 8.85. The number of benzene rings is 1. The molecule has 0 spiro atoms. The van der Waals surface area contributed by atoms with Gasteiger partial charge in [-0.3, -0.25) is 4.79 Å². The van der Waals surface area contributed by atoms with Gasteiger partial charge in [-0.1, -0.05) is 31.5 Å². The molecule has 1 aromatic carbocycles. The predicted octanol–water partition coefficient (Wildman–Crippen LogP) is 4.10. The van der Waals surface area contributed by atoms with Crippen LogP contribution < -0.4 is 5.32 Å². The van der Waals surface area contributed by atoms with Crippen molar-refractivity contribution in [3.8, 4) is 0 Å². The minimum atomic E-state index is 0.223. The van der Waals surface area contributed by atoms with E-state index in [1.54, 1.807) is 0 Å². The first-order valence-corrected chi connectivity index (χ1v) is 7.74. The first-order valence-electron chi connectivity index (χ1n) is 7.36. The molecule has 0 saturated carbocycles. The van der Waals surface area contributed by atoms with Crippen LogP contribution >= 0.6 is 11.6 Å². The van der Waals surface area contributed by atoms with E-state index in [4.69, 9.17) is 11.6 Å². The van der Waals surface area contributed by atoms with Crippen molar-refractivity contribution in [2.24, 2.45) is 0 Å². The van der Waals surface area contributed by atoms with Crippen LogP contribution in [0.25, 0.3) is 0 Å². The molecule has 1 amide bonds. The zero-order chi connectivity index (χ0) is 15.0. The van der Waals surface area contributed by atoms with Crippen molar-refractivity contribution in [3.63, 3.8) is 0 Å². The summed E-state index contributed by atoms with van der Waals surface area (Å²) >= 11 is 5.98. The summed E-state index contributed by atoms with van der Waals surface area (Å²) in [6, 6.07) is 5.75. The van der Waals surface area contributed by atoms with E-state index in [9.17, 15) is 4.79 Å². The Kier molecular flexibility index (Phi) is 7.45. The highest BCUT2D eigenvalue weighted by molar-refractivity contribution is 6.30. The second-order valence-corrected chi connectivity index (χ2v) is 5.45. The molecule has 0 aliphatic rings. The van der Waals surface area contributed by atoms with Crippen molar-refractivity contribution in [1.29, 1.82) is 0 Å². The van der Waals surface area contributed by atoms with Gasteiger partial charge < -0.3 is 10.2 Å². The molecule has 4 heteroatoms. The number of halogens is 1. The molecule has 0 aliphatic heterocycles. The Balaban J connectivity index is 2.46. The van der Waals surface area contributed by atoms with Crippen molar-refractivity contribution in [2.45, 2.75) is 40.0 Å². The van der Waals surface area contributed by atoms with Gasteiger partial charge in [0.1, 0.15) is 0 Å². The van der Waals surface area contributed by atoms with Gasteiger partial charge in [0, 0.05) is 36.8 Å². The Bertz CT molecular complexity index is 428. The van der Waals surface area contributed by atoms with Crippen molar-refractivity contribution in [1.82, 2.24) is 4.90 Å². The lowest BCUT2D eigenvalue weighted by Gasteiger charge is -2.21. The average Bonchev–Trinajstić information content (AvgIpc) is 2.42. The number of nitrogens with one attached hydrogen (secondary N) is 1. The van der Waals surface area contributed by atoms with Gasteiger partial charge in [-0.15, -0.1) is 0 Å². The monoisotopic (exact) mass is 296 g/mol. The number of hydrogen-bond acceptors (Lipinski definition) is 2. The van der Waals surface area contributed by atoms with Gasteiger partial charge in [-0.05, 0) is 37.5 Å². The fraction of sp³-hybridized carbons (Fsp3) is 0.562. The van der Waals surface area contributed by atoms with E-state index >= 15 is 0 Å². The van der Waals surface area contributed by atoms with Gasteiger partial charge in [0.2, 0.25) is 5.91 Å². The van der Waals surface area contributed by atoms with Crippen LogP contribution in [-0.2, 0) is 4.79 Å². The first-order chi connectivity index (χ1) is 9.58. The van der Waals surface area contributed by atoms with Crippen LogP contribution in [0.15, 0.2) is 18.2 Å². The summed E-state index contributed by atoms with van der Waals surface area (Å²) in [5.74, 6) is 0.223. The number of rotatable bonds is 8. The summed E-state index contributed by atoms with van der Waals surface area (Å²) in [4.78, 5) is 14.1. The molecule has 20 heavy (non-hydrogen) atoms. The quantitative estimate of drug-likeness (QED) is 0.783. The second-order valence-electron chi connectivity index (χ2n) is 5.02. The van der Waals surface area contributed by atoms with E-state index in [2.05, 4.69) is 19.2 Å². The molecule has 1 N–H and O–H groups in total. The van der Waals surface area contributed by atoms with Crippen molar-refractivity contribution >= 4 is 23.2 Å². The van der Waals surface area contributed by atoms with Crippen LogP contribution in [0.3, 0.4) is 0 Å². The fourth-order valence-electron chi connectivity index (χ4n) is 2.15. The topological polar surface area (TPSA) is 32.3 Å². The Morgan fingerprint density at radius 2 is 1.90 bits per heavy atom. The molecule has 3 nitrogen and oxygen atoms in total. The van der Waals surface area contributed by atoms with Crippen LogP contribution in [0.5, 0.6) is 0 Å². The predicted molar refractivity (Wildman–Crippen MR) is 86.5 cm³/mol. The lowest BCUT2D eigenvalue weighted by atomic mass is 10.2. The summed E-state index contributed by atoms with van der Waals surface area (Å²) in [5, 5.41) is 4.00. The lowest BCUT2D eigenvalue weighted by Crippen LogP contribution is -2.33. The Morgan fingerprint density at radius 1 is 1.25 bits per heavy atom. The van der Waals surface area contributed by atoms with Crippen LogP contribution in [0.2, 0.25) is 5.02 Å². The van der Waals surface area contributed by atoms with Crippen LogP contribution in [-0.4, -0.2) is 30.4 Å². The minimum absolute atomic E-state index is 0.223. The number of anilines is 1. The Labute approximate surface area is 127 Å². The van der Waals surface area contributed by atoms with Crippen molar-refractivity contribution in [3.05, 3.63) is 28.8 Å². The summed E-state index contributed by atoms with van der Waals surface area (Å²) in [6.07, 6.45) is 2.53. The molecular weight excluding hydrogens is 272 g/mol. The summed E-state index contributed by atoms with van der Waals surface area (Å²) < 4.78 is 0. The molecule has 0 fully saturated rings. The van der Waals surface area contributed by atoms with Gasteiger partial charge in [0.15, 0.2) is 0 Å². The van der Waals surface area contributed by atoms with Crippen molar-refractivity contribution in [2.75, 3.05) is 25.0 Å². The highest BCUT2D eigenvalue weighted by Crippen LogP contribution is 2.20. The molecule has 0 atom stereocenters. The van der Waals surface area contributed by atoms with Crippen molar-refractivity contribution < 1.29 is 4.79 Å². The molecule has 1 aromatic rings. The molecule has 0 heterocycles. The van der Waals surface area contributed by atoms with Crippen LogP contribution in [0.4, 0.5) is 5.69 Å². The van der Waals surface area contributed by atoms with E-state index < -0.39 is 0 Å². The molecule has 0 radical (unpaired) electrons. The molecular formula is C16H25ClN2O. The number of carbonyl (C=O) groups excluding carboxylic acids is 1. The highest BCUT2D eigenvalue weighted by atomic mass is 35.5. The fourth-order valence-corrected chi connectivity index (χ4v) is 2.32. The van der Waals surface area contributed by atoms with Gasteiger partial charge in [-0.25, -0.2) is 0 Å². The first kappa shape index (κ1) is 16.8. The summed E-state index contributed by atoms with van der Waals surface area (Å²) in [6.45, 7) is 8.57. The van der Waals surface area contributed by atoms with Gasteiger partial charge in [0.05, 0.1) is 0 Å².